The maximum Gasteiger partial charge on any atom is 0.251 e. The normalized spacial score (nSPS) is 17.4. The fourth-order valence-corrected chi connectivity index (χ4v) is 2.83. The number of aliphatic hydroxyl groups excluding tert-OH is 1. The quantitative estimate of drug-likeness (QED) is 0.876. The van der Waals surface area contributed by atoms with Gasteiger partial charge in [0.2, 0.25) is 0 Å². The van der Waals surface area contributed by atoms with Crippen molar-refractivity contribution < 1.29 is 9.90 Å². The third-order valence-electron chi connectivity index (χ3n) is 3.44. The van der Waals surface area contributed by atoms with Gasteiger partial charge in [0.15, 0.2) is 0 Å². The lowest BCUT2D eigenvalue weighted by Gasteiger charge is -2.40. The van der Waals surface area contributed by atoms with Gasteiger partial charge in [-0.15, -0.1) is 0 Å². The number of aliphatic hydroxyl groups is 1. The van der Waals surface area contributed by atoms with Crippen molar-refractivity contribution in [1.82, 2.24) is 14.7 Å². The van der Waals surface area contributed by atoms with E-state index in [1.54, 1.807) is 16.7 Å². The molecule has 19 heavy (non-hydrogen) atoms. The zero-order valence-corrected chi connectivity index (χ0v) is 12.5. The van der Waals surface area contributed by atoms with Gasteiger partial charge in [0.25, 0.3) is 5.91 Å². The molecule has 6 heteroatoms. The summed E-state index contributed by atoms with van der Waals surface area (Å²) in [5.41, 5.74) is 2.12. The summed E-state index contributed by atoms with van der Waals surface area (Å²) >= 11 is 1.64. The zero-order chi connectivity index (χ0) is 14.0. The van der Waals surface area contributed by atoms with E-state index in [4.69, 9.17) is 0 Å². The van der Waals surface area contributed by atoms with Crippen molar-refractivity contribution in [3.8, 4) is 0 Å². The minimum atomic E-state index is -0.853. The van der Waals surface area contributed by atoms with Crippen LogP contribution >= 0.6 is 11.8 Å². The molecule has 1 aromatic heterocycles. The van der Waals surface area contributed by atoms with Crippen LogP contribution in [0.15, 0.2) is 6.07 Å². The molecule has 1 unspecified atom stereocenters. The van der Waals surface area contributed by atoms with Gasteiger partial charge in [-0.05, 0) is 38.3 Å². The summed E-state index contributed by atoms with van der Waals surface area (Å²) in [4.78, 5) is 13.6. The highest BCUT2D eigenvalue weighted by atomic mass is 32.2. The second kappa shape index (κ2) is 5.96. The maximum absolute atomic E-state index is 11.9. The van der Waals surface area contributed by atoms with Gasteiger partial charge < -0.3 is 10.0 Å². The summed E-state index contributed by atoms with van der Waals surface area (Å²) in [6.45, 7) is 5.29. The van der Waals surface area contributed by atoms with Crippen LogP contribution in [-0.2, 0) is 4.79 Å². The van der Waals surface area contributed by atoms with Crippen LogP contribution in [0.3, 0.4) is 0 Å². The Kier molecular flexibility index (Phi) is 4.52. The first kappa shape index (κ1) is 14.4. The van der Waals surface area contributed by atoms with Gasteiger partial charge in [0, 0.05) is 18.8 Å². The van der Waals surface area contributed by atoms with Gasteiger partial charge >= 0.3 is 0 Å². The zero-order valence-electron chi connectivity index (χ0n) is 11.7. The van der Waals surface area contributed by atoms with E-state index in [2.05, 4.69) is 5.10 Å². The van der Waals surface area contributed by atoms with Crippen LogP contribution in [0, 0.1) is 13.8 Å². The fraction of sp³-hybridized carbons (Fsp3) is 0.692. The molecule has 1 saturated heterocycles. The molecule has 0 aliphatic carbocycles. The summed E-state index contributed by atoms with van der Waals surface area (Å²) < 4.78 is 1.98. The summed E-state index contributed by atoms with van der Waals surface area (Å²) in [5, 5.41) is 14.2. The van der Waals surface area contributed by atoms with E-state index in [-0.39, 0.29) is 11.9 Å². The number of nitrogens with zero attached hydrogens (tertiary/aromatic N) is 3. The van der Waals surface area contributed by atoms with Crippen molar-refractivity contribution in [1.29, 1.82) is 0 Å². The number of carbonyl (C=O) groups is 1. The van der Waals surface area contributed by atoms with Crippen molar-refractivity contribution in [2.75, 3.05) is 25.1 Å². The molecule has 5 nitrogen and oxygen atoms in total. The van der Waals surface area contributed by atoms with Gasteiger partial charge in [-0.3, -0.25) is 9.48 Å². The Bertz CT molecular complexity index is 455. The molecule has 2 rings (SSSR count). The molecule has 2 heterocycles. The van der Waals surface area contributed by atoms with E-state index >= 15 is 0 Å². The highest BCUT2D eigenvalue weighted by Gasteiger charge is 2.35. The van der Waals surface area contributed by atoms with Gasteiger partial charge in [0.05, 0.1) is 11.7 Å². The topological polar surface area (TPSA) is 58.4 Å². The number of likely N-dealkylation sites (tertiary alicyclic amines) is 1. The number of hydrogen-bond acceptors (Lipinski definition) is 4. The van der Waals surface area contributed by atoms with Crippen LogP contribution < -0.4 is 0 Å². The molecule has 0 saturated carbocycles. The summed E-state index contributed by atoms with van der Waals surface area (Å²) in [6, 6.07) is 2.29. The molecule has 106 valence electrons. The number of amides is 1. The molecule has 0 bridgehead atoms. The van der Waals surface area contributed by atoms with Gasteiger partial charge in [-0.1, -0.05) is 0 Å². The van der Waals surface area contributed by atoms with Crippen LogP contribution in [0.1, 0.15) is 23.9 Å². The third kappa shape index (κ3) is 3.12. The molecule has 0 spiro atoms. The molecule has 0 radical (unpaired) electrons. The minimum Gasteiger partial charge on any atom is -0.383 e. The molecule has 1 N–H and O–H groups in total. The first-order valence-corrected chi connectivity index (χ1v) is 7.91. The Morgan fingerprint density at radius 3 is 2.79 bits per heavy atom. The van der Waals surface area contributed by atoms with Crippen molar-refractivity contribution in [3.05, 3.63) is 17.5 Å². The van der Waals surface area contributed by atoms with Gasteiger partial charge in [0.1, 0.15) is 6.10 Å². The number of rotatable bonds is 5. The van der Waals surface area contributed by atoms with E-state index in [9.17, 15) is 9.90 Å². The molecular weight excluding hydrogens is 262 g/mol. The van der Waals surface area contributed by atoms with Crippen molar-refractivity contribution >= 4 is 17.7 Å². The fourth-order valence-electron chi connectivity index (χ4n) is 2.37. The standard InChI is InChI=1S/C13H21N3O2S/c1-9-6-10(2)16(14-9)11-7-15(8-11)13(18)12(17)4-5-19-3/h6,11-12,17H,4-5,7-8H2,1-3H3. The Morgan fingerprint density at radius 2 is 2.26 bits per heavy atom. The predicted molar refractivity (Wildman–Crippen MR) is 76.3 cm³/mol. The van der Waals surface area contributed by atoms with E-state index in [0.717, 1.165) is 17.1 Å². The smallest absolute Gasteiger partial charge is 0.251 e. The molecule has 1 aromatic rings. The Morgan fingerprint density at radius 1 is 1.58 bits per heavy atom. The number of thioether (sulfide) groups is 1. The highest BCUT2D eigenvalue weighted by molar-refractivity contribution is 7.98. The van der Waals surface area contributed by atoms with Crippen molar-refractivity contribution in [2.24, 2.45) is 0 Å². The Balaban J connectivity index is 1.86. The van der Waals surface area contributed by atoms with Crippen LogP contribution in [0.25, 0.3) is 0 Å². The monoisotopic (exact) mass is 283 g/mol. The van der Waals surface area contributed by atoms with Crippen LogP contribution in [0.2, 0.25) is 0 Å². The second-order valence-corrected chi connectivity index (χ2v) is 6.05. The molecule has 1 aliphatic heterocycles. The average molecular weight is 283 g/mol. The average Bonchev–Trinajstić information content (AvgIpc) is 2.63. The van der Waals surface area contributed by atoms with Gasteiger partial charge in [-0.25, -0.2) is 0 Å². The summed E-state index contributed by atoms with van der Waals surface area (Å²) in [5.74, 6) is 0.661. The molecule has 0 aromatic carbocycles. The van der Waals surface area contributed by atoms with Crippen molar-refractivity contribution in [2.45, 2.75) is 32.4 Å². The van der Waals surface area contributed by atoms with E-state index < -0.39 is 6.10 Å². The first-order valence-electron chi connectivity index (χ1n) is 6.51. The van der Waals surface area contributed by atoms with Crippen molar-refractivity contribution in [3.63, 3.8) is 0 Å². The van der Waals surface area contributed by atoms with Crippen LogP contribution in [-0.4, -0.2) is 56.9 Å². The maximum atomic E-state index is 11.9. The number of aryl methyl sites for hydroxylation is 2. The Labute approximate surface area is 118 Å². The van der Waals surface area contributed by atoms with Crippen LogP contribution in [0.5, 0.6) is 0 Å². The predicted octanol–water partition coefficient (Wildman–Crippen LogP) is 0.997. The lowest BCUT2D eigenvalue weighted by atomic mass is 10.1. The van der Waals surface area contributed by atoms with Crippen LogP contribution in [0.4, 0.5) is 0 Å². The highest BCUT2D eigenvalue weighted by Crippen LogP contribution is 2.23. The number of aromatic nitrogens is 2. The molecule has 1 aliphatic rings. The molecule has 1 atom stereocenters. The van der Waals surface area contributed by atoms with E-state index in [1.165, 1.54) is 0 Å². The SMILES string of the molecule is CSCCC(O)C(=O)N1CC(n2nc(C)cc2C)C1. The largest absolute Gasteiger partial charge is 0.383 e. The molecule has 1 amide bonds. The molecule has 1 fully saturated rings. The Hall–Kier alpha value is -1.01. The minimum absolute atomic E-state index is 0.146. The first-order chi connectivity index (χ1) is 9.02. The number of hydrogen-bond donors (Lipinski definition) is 1. The molecular formula is C13H21N3O2S. The van der Waals surface area contributed by atoms with Gasteiger partial charge in [-0.2, -0.15) is 16.9 Å². The number of carbonyl (C=O) groups excluding carboxylic acids is 1. The third-order valence-corrected chi connectivity index (χ3v) is 4.09. The van der Waals surface area contributed by atoms with E-state index in [1.807, 2.05) is 30.9 Å². The lowest BCUT2D eigenvalue weighted by molar-refractivity contribution is -0.146. The lowest BCUT2D eigenvalue weighted by Crippen LogP contribution is -2.54. The summed E-state index contributed by atoms with van der Waals surface area (Å²) in [7, 11) is 0. The summed E-state index contributed by atoms with van der Waals surface area (Å²) in [6.07, 6.45) is 1.65. The second-order valence-electron chi connectivity index (χ2n) is 5.07. The van der Waals surface area contributed by atoms with E-state index in [0.29, 0.717) is 19.5 Å².